The maximum atomic E-state index is 13.4. The van der Waals surface area contributed by atoms with E-state index in [2.05, 4.69) is 0 Å². The second-order valence-corrected chi connectivity index (χ2v) is 5.53. The van der Waals surface area contributed by atoms with Crippen molar-refractivity contribution in [1.82, 2.24) is 0 Å². The number of benzene rings is 2. The van der Waals surface area contributed by atoms with Gasteiger partial charge in [-0.05, 0) is 24.3 Å². The Morgan fingerprint density at radius 3 is 2.35 bits per heavy atom. The molecule has 0 aliphatic heterocycles. The van der Waals surface area contributed by atoms with Crippen molar-refractivity contribution in [3.8, 4) is 0 Å². The molecule has 0 fully saturated rings. The van der Waals surface area contributed by atoms with Gasteiger partial charge in [0, 0.05) is 6.07 Å². The molecule has 0 aromatic heterocycles. The number of para-hydroxylation sites is 1. The van der Waals surface area contributed by atoms with Crippen LogP contribution < -0.4 is 10.5 Å². The molecule has 0 saturated heterocycles. The molecule has 0 radical (unpaired) electrons. The van der Waals surface area contributed by atoms with Crippen LogP contribution in [0.15, 0.2) is 41.3 Å². The molecule has 0 aliphatic rings. The summed E-state index contributed by atoms with van der Waals surface area (Å²) < 4.78 is 65.2. The summed E-state index contributed by atoms with van der Waals surface area (Å²) in [6, 6.07) is 5.54. The zero-order valence-corrected chi connectivity index (χ0v) is 10.7. The Bertz CT molecular complexity index is 763. The fraction of sp³-hybridized carbons (Fsp3) is 0. The van der Waals surface area contributed by atoms with Crippen molar-refractivity contribution in [3.63, 3.8) is 0 Å². The lowest BCUT2D eigenvalue weighted by Crippen LogP contribution is -2.16. The van der Waals surface area contributed by atoms with E-state index in [1.165, 1.54) is 0 Å². The molecule has 0 spiro atoms. The maximum absolute atomic E-state index is 13.4. The van der Waals surface area contributed by atoms with Crippen molar-refractivity contribution in [2.45, 2.75) is 4.90 Å². The highest BCUT2D eigenvalue weighted by Gasteiger charge is 2.21. The van der Waals surface area contributed by atoms with E-state index in [0.29, 0.717) is 6.07 Å². The fourth-order valence-electron chi connectivity index (χ4n) is 1.52. The Labute approximate surface area is 113 Å². The van der Waals surface area contributed by atoms with Crippen LogP contribution in [0.3, 0.4) is 0 Å². The first kappa shape index (κ1) is 14.2. The molecule has 0 unspecified atom stereocenters. The second kappa shape index (κ2) is 5.04. The quantitative estimate of drug-likeness (QED) is 0.856. The molecule has 0 bridgehead atoms. The van der Waals surface area contributed by atoms with Crippen molar-refractivity contribution < 1.29 is 21.6 Å². The maximum Gasteiger partial charge on any atom is 0.264 e. The highest BCUT2D eigenvalue weighted by molar-refractivity contribution is 7.92. The van der Waals surface area contributed by atoms with Crippen LogP contribution in [0.1, 0.15) is 0 Å². The van der Waals surface area contributed by atoms with E-state index < -0.39 is 43.7 Å². The first-order valence-corrected chi connectivity index (χ1v) is 6.81. The molecule has 2 aromatic carbocycles. The number of halogens is 3. The van der Waals surface area contributed by atoms with Crippen molar-refractivity contribution in [2.75, 3.05) is 10.5 Å². The number of hydrogen-bond acceptors (Lipinski definition) is 3. The molecule has 4 nitrogen and oxygen atoms in total. The molecular weight excluding hydrogens is 293 g/mol. The molecule has 2 aromatic rings. The average molecular weight is 302 g/mol. The molecular formula is C12H9F3N2O2S. The summed E-state index contributed by atoms with van der Waals surface area (Å²) in [4.78, 5) is -0.527. The zero-order valence-electron chi connectivity index (χ0n) is 9.90. The SMILES string of the molecule is Nc1c(F)cccc1S(=O)(=O)Nc1ccc(F)cc1F. The van der Waals surface area contributed by atoms with Gasteiger partial charge in [0.2, 0.25) is 0 Å². The van der Waals surface area contributed by atoms with E-state index in [0.717, 1.165) is 30.3 Å². The fourth-order valence-corrected chi connectivity index (χ4v) is 2.73. The Balaban J connectivity index is 2.44. The monoisotopic (exact) mass is 302 g/mol. The van der Waals surface area contributed by atoms with Gasteiger partial charge < -0.3 is 5.73 Å². The summed E-state index contributed by atoms with van der Waals surface area (Å²) in [6.07, 6.45) is 0. The minimum Gasteiger partial charge on any atom is -0.395 e. The molecule has 0 aliphatic carbocycles. The normalized spacial score (nSPS) is 11.3. The smallest absolute Gasteiger partial charge is 0.264 e. The number of anilines is 2. The predicted octanol–water partition coefficient (Wildman–Crippen LogP) is 2.49. The van der Waals surface area contributed by atoms with Crippen molar-refractivity contribution in [2.24, 2.45) is 0 Å². The van der Waals surface area contributed by atoms with Gasteiger partial charge in [0.05, 0.1) is 11.4 Å². The Hall–Kier alpha value is -2.22. The third-order valence-electron chi connectivity index (χ3n) is 2.48. The van der Waals surface area contributed by atoms with Gasteiger partial charge in [0.15, 0.2) is 0 Å². The van der Waals surface area contributed by atoms with Gasteiger partial charge in [0.1, 0.15) is 22.3 Å². The number of rotatable bonds is 3. The van der Waals surface area contributed by atoms with E-state index in [-0.39, 0.29) is 0 Å². The number of nitrogens with two attached hydrogens (primary N) is 1. The Kier molecular flexibility index (Phi) is 3.58. The topological polar surface area (TPSA) is 72.2 Å². The van der Waals surface area contributed by atoms with Crippen LogP contribution in [-0.2, 0) is 10.0 Å². The van der Waals surface area contributed by atoms with Gasteiger partial charge in [-0.15, -0.1) is 0 Å². The van der Waals surface area contributed by atoms with E-state index in [1.807, 2.05) is 4.72 Å². The third kappa shape index (κ3) is 2.69. The Morgan fingerprint density at radius 2 is 1.70 bits per heavy atom. The van der Waals surface area contributed by atoms with Gasteiger partial charge in [-0.25, -0.2) is 21.6 Å². The molecule has 0 atom stereocenters. The van der Waals surface area contributed by atoms with Crippen LogP contribution in [0.5, 0.6) is 0 Å². The minimum absolute atomic E-state index is 0.463. The van der Waals surface area contributed by atoms with Crippen molar-refractivity contribution in [1.29, 1.82) is 0 Å². The van der Waals surface area contributed by atoms with Gasteiger partial charge in [-0.1, -0.05) is 6.07 Å². The third-order valence-corrected chi connectivity index (χ3v) is 3.90. The molecule has 20 heavy (non-hydrogen) atoms. The highest BCUT2D eigenvalue weighted by Crippen LogP contribution is 2.25. The molecule has 8 heteroatoms. The van der Waals surface area contributed by atoms with E-state index >= 15 is 0 Å². The molecule has 0 saturated carbocycles. The molecule has 2 rings (SSSR count). The largest absolute Gasteiger partial charge is 0.395 e. The van der Waals surface area contributed by atoms with E-state index in [9.17, 15) is 21.6 Å². The van der Waals surface area contributed by atoms with Crippen LogP contribution in [0.25, 0.3) is 0 Å². The lowest BCUT2D eigenvalue weighted by Gasteiger charge is -2.11. The molecule has 106 valence electrons. The summed E-state index contributed by atoms with van der Waals surface area (Å²) in [7, 11) is -4.28. The number of nitrogens with one attached hydrogen (secondary N) is 1. The van der Waals surface area contributed by atoms with Gasteiger partial charge >= 0.3 is 0 Å². The average Bonchev–Trinajstić information content (AvgIpc) is 2.36. The summed E-state index contributed by atoms with van der Waals surface area (Å²) in [5, 5.41) is 0. The van der Waals surface area contributed by atoms with Crippen LogP contribution in [0, 0.1) is 17.5 Å². The predicted molar refractivity (Wildman–Crippen MR) is 68.0 cm³/mol. The number of hydrogen-bond donors (Lipinski definition) is 2. The first-order chi connectivity index (χ1) is 9.31. The summed E-state index contributed by atoms with van der Waals surface area (Å²) in [5.74, 6) is -2.85. The number of nitrogen functional groups attached to an aromatic ring is 1. The molecule has 3 N–H and O–H groups in total. The Morgan fingerprint density at radius 1 is 1.00 bits per heavy atom. The summed E-state index contributed by atoms with van der Waals surface area (Å²) in [6.45, 7) is 0. The van der Waals surface area contributed by atoms with Gasteiger partial charge in [0.25, 0.3) is 10.0 Å². The van der Waals surface area contributed by atoms with Crippen molar-refractivity contribution >= 4 is 21.4 Å². The summed E-state index contributed by atoms with van der Waals surface area (Å²) >= 11 is 0. The van der Waals surface area contributed by atoms with E-state index in [1.54, 1.807) is 0 Å². The van der Waals surface area contributed by atoms with Gasteiger partial charge in [-0.2, -0.15) is 0 Å². The van der Waals surface area contributed by atoms with Crippen molar-refractivity contribution in [3.05, 3.63) is 53.8 Å². The molecule has 0 amide bonds. The van der Waals surface area contributed by atoms with Crippen LogP contribution >= 0.6 is 0 Å². The number of sulfonamides is 1. The van der Waals surface area contributed by atoms with Crippen LogP contribution in [0.2, 0.25) is 0 Å². The lowest BCUT2D eigenvalue weighted by molar-refractivity contribution is 0.582. The van der Waals surface area contributed by atoms with Crippen LogP contribution in [-0.4, -0.2) is 8.42 Å². The van der Waals surface area contributed by atoms with E-state index in [4.69, 9.17) is 5.73 Å². The standard InChI is InChI=1S/C12H9F3N2O2S/c13-7-4-5-10(9(15)6-7)17-20(18,19)11-3-1-2-8(14)12(11)16/h1-6,17H,16H2. The zero-order chi connectivity index (χ0) is 14.9. The van der Waals surface area contributed by atoms with Crippen LogP contribution in [0.4, 0.5) is 24.5 Å². The lowest BCUT2D eigenvalue weighted by atomic mass is 10.3. The second-order valence-electron chi connectivity index (χ2n) is 3.88. The first-order valence-electron chi connectivity index (χ1n) is 5.33. The highest BCUT2D eigenvalue weighted by atomic mass is 32.2. The molecule has 0 heterocycles. The minimum atomic E-state index is -4.28. The summed E-state index contributed by atoms with van der Waals surface area (Å²) in [5.41, 5.74) is 4.29. The van der Waals surface area contributed by atoms with Gasteiger partial charge in [-0.3, -0.25) is 4.72 Å².